The first kappa shape index (κ1) is 27.8. The molecule has 38 heavy (non-hydrogen) atoms. The van der Waals surface area contributed by atoms with Crippen LogP contribution in [-0.4, -0.2) is 0 Å². The van der Waals surface area contributed by atoms with Gasteiger partial charge in [-0.2, -0.15) is 4.57 Å². The van der Waals surface area contributed by atoms with E-state index in [0.717, 1.165) is 27.8 Å². The summed E-state index contributed by atoms with van der Waals surface area (Å²) in [5, 5.41) is 0.469. The summed E-state index contributed by atoms with van der Waals surface area (Å²) >= 11 is 6.62. The van der Waals surface area contributed by atoms with Gasteiger partial charge >= 0.3 is 7.82 Å². The van der Waals surface area contributed by atoms with Crippen LogP contribution in [0, 0.1) is 13.8 Å². The Kier molecular flexibility index (Phi) is 8.55. The number of hydrogen-bond donors (Lipinski definition) is 0. The van der Waals surface area contributed by atoms with Crippen molar-refractivity contribution in [1.29, 1.82) is 0 Å². The molecule has 0 spiro atoms. The average Bonchev–Trinajstić information content (AvgIpc) is 2.87. The second-order valence-corrected chi connectivity index (χ2v) is 11.9. The lowest BCUT2D eigenvalue weighted by molar-refractivity contribution is 0.297. The summed E-state index contributed by atoms with van der Waals surface area (Å²) in [6.07, 6.45) is 0. The Bertz CT molecular complexity index is 1400. The Morgan fingerprint density at radius 3 is 1.63 bits per heavy atom. The lowest BCUT2D eigenvalue weighted by atomic mass is 10.0. The summed E-state index contributed by atoms with van der Waals surface area (Å²) in [5.74, 6) is 1.73. The standard InChI is InChI=1S/C32H34ClO4P/c1-21(2)26-17-15-23(5)30(19-26)36-38(34,37-31-20-27(22(3)4)18-16-24(31)6)35-29-14-10-13-28(33)32(29)25-11-8-7-9-12-25/h7-22H,1-6H3. The van der Waals surface area contributed by atoms with Gasteiger partial charge in [0, 0.05) is 5.56 Å². The molecule has 0 N–H and O–H groups in total. The van der Waals surface area contributed by atoms with Crippen LogP contribution in [0.1, 0.15) is 61.8 Å². The Morgan fingerprint density at radius 1 is 0.632 bits per heavy atom. The van der Waals surface area contributed by atoms with E-state index in [2.05, 4.69) is 27.7 Å². The third kappa shape index (κ3) is 6.43. The molecular weight excluding hydrogens is 515 g/mol. The second kappa shape index (κ2) is 11.7. The quantitative estimate of drug-likeness (QED) is 0.195. The van der Waals surface area contributed by atoms with E-state index in [4.69, 9.17) is 25.2 Å². The van der Waals surface area contributed by atoms with E-state index >= 15 is 0 Å². The van der Waals surface area contributed by atoms with Crippen molar-refractivity contribution in [2.75, 3.05) is 0 Å². The first-order valence-corrected chi connectivity index (χ1v) is 14.6. The average molecular weight is 549 g/mol. The van der Waals surface area contributed by atoms with Gasteiger partial charge in [0.2, 0.25) is 0 Å². The van der Waals surface area contributed by atoms with Crippen LogP contribution >= 0.6 is 19.4 Å². The van der Waals surface area contributed by atoms with E-state index in [0.29, 0.717) is 27.8 Å². The fraction of sp³-hybridized carbons (Fsp3) is 0.250. The van der Waals surface area contributed by atoms with Crippen LogP contribution in [-0.2, 0) is 4.57 Å². The highest BCUT2D eigenvalue weighted by Crippen LogP contribution is 2.53. The molecule has 0 amide bonds. The molecule has 0 unspecified atom stereocenters. The van der Waals surface area contributed by atoms with Crippen molar-refractivity contribution in [3.8, 4) is 28.4 Å². The van der Waals surface area contributed by atoms with Crippen molar-refractivity contribution in [3.63, 3.8) is 0 Å². The maximum Gasteiger partial charge on any atom is 0.647 e. The molecule has 0 aliphatic heterocycles. The van der Waals surface area contributed by atoms with Crippen LogP contribution in [0.25, 0.3) is 11.1 Å². The van der Waals surface area contributed by atoms with Crippen LogP contribution in [0.2, 0.25) is 5.02 Å². The topological polar surface area (TPSA) is 44.8 Å². The molecule has 0 fully saturated rings. The number of aryl methyl sites for hydroxylation is 2. The fourth-order valence-corrected chi connectivity index (χ4v) is 5.69. The number of halogens is 1. The smallest absolute Gasteiger partial charge is 0.386 e. The Balaban J connectivity index is 1.83. The van der Waals surface area contributed by atoms with Crippen molar-refractivity contribution in [2.24, 2.45) is 0 Å². The van der Waals surface area contributed by atoms with E-state index in [1.54, 1.807) is 18.2 Å². The summed E-state index contributed by atoms with van der Waals surface area (Å²) in [4.78, 5) is 0. The molecule has 4 nitrogen and oxygen atoms in total. The summed E-state index contributed by atoms with van der Waals surface area (Å²) in [5.41, 5.74) is 5.21. The molecule has 0 radical (unpaired) electrons. The van der Waals surface area contributed by atoms with Gasteiger partial charge in [-0.05, 0) is 77.8 Å². The second-order valence-electron chi connectivity index (χ2n) is 10.1. The molecule has 0 aliphatic carbocycles. The molecule has 0 saturated heterocycles. The molecule has 4 aromatic rings. The minimum absolute atomic E-state index is 0.266. The van der Waals surface area contributed by atoms with Gasteiger partial charge < -0.3 is 13.6 Å². The number of hydrogen-bond acceptors (Lipinski definition) is 4. The monoisotopic (exact) mass is 548 g/mol. The summed E-state index contributed by atoms with van der Waals surface area (Å²) < 4.78 is 33.2. The summed E-state index contributed by atoms with van der Waals surface area (Å²) in [6, 6.07) is 26.6. The molecule has 198 valence electrons. The van der Waals surface area contributed by atoms with Gasteiger partial charge in [-0.15, -0.1) is 0 Å². The van der Waals surface area contributed by atoms with Crippen molar-refractivity contribution < 1.29 is 18.1 Å². The van der Waals surface area contributed by atoms with E-state index in [9.17, 15) is 4.57 Å². The molecule has 0 aromatic heterocycles. The highest BCUT2D eigenvalue weighted by atomic mass is 35.5. The highest BCUT2D eigenvalue weighted by molar-refractivity contribution is 7.49. The third-order valence-corrected chi connectivity index (χ3v) is 8.00. The van der Waals surface area contributed by atoms with Gasteiger partial charge in [-0.1, -0.05) is 100.0 Å². The molecule has 0 saturated carbocycles. The predicted molar refractivity (Wildman–Crippen MR) is 157 cm³/mol. The van der Waals surface area contributed by atoms with Gasteiger partial charge in [0.05, 0.1) is 5.02 Å². The molecule has 0 aliphatic rings. The molecular formula is C32H34ClO4P. The predicted octanol–water partition coefficient (Wildman–Crippen LogP) is 10.5. The van der Waals surface area contributed by atoms with E-state index in [1.165, 1.54) is 0 Å². The number of rotatable bonds is 9. The zero-order valence-electron chi connectivity index (χ0n) is 22.7. The molecule has 0 atom stereocenters. The van der Waals surface area contributed by atoms with E-state index in [1.807, 2.05) is 80.6 Å². The van der Waals surface area contributed by atoms with E-state index < -0.39 is 7.82 Å². The fourth-order valence-electron chi connectivity index (χ4n) is 4.03. The number of phosphoric acid groups is 1. The lowest BCUT2D eigenvalue weighted by Crippen LogP contribution is -2.10. The molecule has 0 heterocycles. The first-order chi connectivity index (χ1) is 18.1. The zero-order chi connectivity index (χ0) is 27.4. The number of phosphoric ester groups is 1. The largest absolute Gasteiger partial charge is 0.647 e. The SMILES string of the molecule is Cc1ccc(C(C)C)cc1OP(=O)(Oc1cc(C(C)C)ccc1C)Oc1cccc(Cl)c1-c1ccccc1. The first-order valence-electron chi connectivity index (χ1n) is 12.8. The van der Waals surface area contributed by atoms with E-state index in [-0.39, 0.29) is 11.8 Å². The van der Waals surface area contributed by atoms with Gasteiger partial charge in [0.15, 0.2) is 0 Å². The Morgan fingerprint density at radius 2 is 1.13 bits per heavy atom. The van der Waals surface area contributed by atoms with Gasteiger partial charge in [-0.25, -0.2) is 0 Å². The van der Waals surface area contributed by atoms with Gasteiger partial charge in [0.1, 0.15) is 17.2 Å². The highest BCUT2D eigenvalue weighted by Gasteiger charge is 2.36. The Labute approximate surface area is 231 Å². The third-order valence-electron chi connectivity index (χ3n) is 6.43. The minimum Gasteiger partial charge on any atom is -0.386 e. The lowest BCUT2D eigenvalue weighted by Gasteiger charge is -2.23. The zero-order valence-corrected chi connectivity index (χ0v) is 24.3. The molecule has 0 bridgehead atoms. The minimum atomic E-state index is -4.26. The molecule has 4 aromatic carbocycles. The summed E-state index contributed by atoms with van der Waals surface area (Å²) in [7, 11) is -4.26. The van der Waals surface area contributed by atoms with Gasteiger partial charge in [0.25, 0.3) is 0 Å². The van der Waals surface area contributed by atoms with Crippen LogP contribution in [0.15, 0.2) is 84.9 Å². The molecule has 6 heteroatoms. The maximum atomic E-state index is 14.6. The van der Waals surface area contributed by atoms with Crippen molar-refractivity contribution in [2.45, 2.75) is 53.4 Å². The van der Waals surface area contributed by atoms with Crippen LogP contribution in [0.4, 0.5) is 0 Å². The Hall–Kier alpha value is -3.20. The van der Waals surface area contributed by atoms with Crippen molar-refractivity contribution >= 4 is 19.4 Å². The van der Waals surface area contributed by atoms with Crippen LogP contribution in [0.5, 0.6) is 17.2 Å². The normalized spacial score (nSPS) is 11.6. The van der Waals surface area contributed by atoms with Crippen molar-refractivity contribution in [1.82, 2.24) is 0 Å². The van der Waals surface area contributed by atoms with Crippen LogP contribution < -0.4 is 13.6 Å². The van der Waals surface area contributed by atoms with Gasteiger partial charge in [-0.3, -0.25) is 0 Å². The van der Waals surface area contributed by atoms with Crippen molar-refractivity contribution in [3.05, 3.63) is 112 Å². The van der Waals surface area contributed by atoms with Crippen LogP contribution in [0.3, 0.4) is 0 Å². The number of benzene rings is 4. The maximum absolute atomic E-state index is 14.6. The molecule has 4 rings (SSSR count). The summed E-state index contributed by atoms with van der Waals surface area (Å²) in [6.45, 7) is 12.2.